The van der Waals surface area contributed by atoms with Crippen molar-refractivity contribution in [3.63, 3.8) is 0 Å². The van der Waals surface area contributed by atoms with Crippen LogP contribution in [-0.2, 0) is 16.6 Å². The standard InChI is InChI=1S/C19H15F2NO2S/c20-16-11-12-19(18(21)13-16)25(23,24)22(17-9-5-2-6-10-17)14-15-7-3-1-4-8-15/h1-13H,14H2. The third kappa shape index (κ3) is 3.69. The van der Waals surface area contributed by atoms with E-state index in [1.54, 1.807) is 54.6 Å². The lowest BCUT2D eigenvalue weighted by Crippen LogP contribution is -2.31. The highest BCUT2D eigenvalue weighted by Crippen LogP contribution is 2.27. The molecule has 0 N–H and O–H groups in total. The molecule has 0 fully saturated rings. The normalized spacial score (nSPS) is 11.3. The number of rotatable bonds is 5. The fourth-order valence-corrected chi connectivity index (χ4v) is 3.96. The Bertz CT molecular complexity index is 961. The van der Waals surface area contributed by atoms with Crippen molar-refractivity contribution in [2.45, 2.75) is 11.4 Å². The van der Waals surface area contributed by atoms with E-state index < -0.39 is 26.6 Å². The summed E-state index contributed by atoms with van der Waals surface area (Å²) in [7, 11) is -4.21. The smallest absolute Gasteiger partial charge is 0.262 e. The summed E-state index contributed by atoms with van der Waals surface area (Å²) in [6.07, 6.45) is 0. The highest BCUT2D eigenvalue weighted by atomic mass is 32.2. The van der Waals surface area contributed by atoms with Crippen LogP contribution >= 0.6 is 0 Å². The zero-order valence-electron chi connectivity index (χ0n) is 13.1. The van der Waals surface area contributed by atoms with Crippen molar-refractivity contribution in [2.24, 2.45) is 0 Å². The van der Waals surface area contributed by atoms with Crippen LogP contribution < -0.4 is 4.31 Å². The SMILES string of the molecule is O=S(=O)(c1ccc(F)cc1F)N(Cc1ccccc1)c1ccccc1. The molecule has 0 atom stereocenters. The Kier molecular flexibility index (Phi) is 4.81. The first-order valence-electron chi connectivity index (χ1n) is 7.55. The van der Waals surface area contributed by atoms with Gasteiger partial charge in [-0.05, 0) is 29.8 Å². The molecule has 0 heterocycles. The number of hydrogen-bond donors (Lipinski definition) is 0. The quantitative estimate of drug-likeness (QED) is 0.679. The van der Waals surface area contributed by atoms with Crippen LogP contribution in [0.3, 0.4) is 0 Å². The van der Waals surface area contributed by atoms with E-state index in [-0.39, 0.29) is 6.54 Å². The molecule has 0 saturated heterocycles. The average Bonchev–Trinajstić information content (AvgIpc) is 2.61. The van der Waals surface area contributed by atoms with Crippen molar-refractivity contribution in [1.29, 1.82) is 0 Å². The van der Waals surface area contributed by atoms with Crippen molar-refractivity contribution >= 4 is 15.7 Å². The van der Waals surface area contributed by atoms with Gasteiger partial charge in [-0.25, -0.2) is 17.2 Å². The van der Waals surface area contributed by atoms with Crippen LogP contribution in [0, 0.1) is 11.6 Å². The van der Waals surface area contributed by atoms with Gasteiger partial charge in [0.25, 0.3) is 10.0 Å². The molecular weight excluding hydrogens is 344 g/mol. The van der Waals surface area contributed by atoms with Gasteiger partial charge in [0.1, 0.15) is 16.5 Å². The van der Waals surface area contributed by atoms with Gasteiger partial charge in [0.2, 0.25) is 0 Å². The second kappa shape index (κ2) is 7.03. The Morgan fingerprint density at radius 2 is 1.40 bits per heavy atom. The molecule has 0 aliphatic carbocycles. The van der Waals surface area contributed by atoms with Gasteiger partial charge in [-0.1, -0.05) is 48.5 Å². The van der Waals surface area contributed by atoms with Gasteiger partial charge >= 0.3 is 0 Å². The predicted octanol–water partition coefficient (Wildman–Crippen LogP) is 4.36. The third-order valence-corrected chi connectivity index (χ3v) is 5.48. The van der Waals surface area contributed by atoms with Gasteiger partial charge in [-0.2, -0.15) is 0 Å². The molecule has 3 rings (SSSR count). The van der Waals surface area contributed by atoms with Crippen LogP contribution in [0.25, 0.3) is 0 Å². The van der Waals surface area contributed by atoms with E-state index in [0.717, 1.165) is 22.0 Å². The number of nitrogens with zero attached hydrogens (tertiary/aromatic N) is 1. The first-order chi connectivity index (χ1) is 12.0. The largest absolute Gasteiger partial charge is 0.267 e. The summed E-state index contributed by atoms with van der Waals surface area (Å²) in [4.78, 5) is -0.561. The van der Waals surface area contributed by atoms with Crippen molar-refractivity contribution in [3.05, 3.63) is 96.1 Å². The van der Waals surface area contributed by atoms with E-state index in [1.807, 2.05) is 6.07 Å². The molecule has 3 aromatic rings. The molecule has 6 heteroatoms. The fraction of sp³-hybridized carbons (Fsp3) is 0.0526. The monoisotopic (exact) mass is 359 g/mol. The van der Waals surface area contributed by atoms with Gasteiger partial charge in [0.05, 0.1) is 12.2 Å². The highest BCUT2D eigenvalue weighted by Gasteiger charge is 2.28. The Balaban J connectivity index is 2.10. The van der Waals surface area contributed by atoms with E-state index in [0.29, 0.717) is 11.8 Å². The van der Waals surface area contributed by atoms with Crippen LogP contribution in [0.1, 0.15) is 5.56 Å². The summed E-state index contributed by atoms with van der Waals surface area (Å²) < 4.78 is 54.4. The molecular formula is C19H15F2NO2S. The maximum absolute atomic E-state index is 14.1. The minimum atomic E-state index is -4.21. The molecule has 3 aromatic carbocycles. The van der Waals surface area contributed by atoms with Gasteiger partial charge < -0.3 is 0 Å². The number of para-hydroxylation sites is 1. The lowest BCUT2D eigenvalue weighted by molar-refractivity contribution is 0.547. The summed E-state index contributed by atoms with van der Waals surface area (Å²) in [5.74, 6) is -1.94. The second-order valence-electron chi connectivity index (χ2n) is 5.41. The maximum Gasteiger partial charge on any atom is 0.267 e. The summed E-state index contributed by atoms with van der Waals surface area (Å²) in [5.41, 5.74) is 1.15. The van der Waals surface area contributed by atoms with Crippen LogP contribution in [0.15, 0.2) is 83.8 Å². The van der Waals surface area contributed by atoms with E-state index in [1.165, 1.54) is 0 Å². The van der Waals surface area contributed by atoms with E-state index >= 15 is 0 Å². The zero-order valence-corrected chi connectivity index (χ0v) is 14.0. The van der Waals surface area contributed by atoms with Crippen LogP contribution in [0.2, 0.25) is 0 Å². The summed E-state index contributed by atoms with van der Waals surface area (Å²) >= 11 is 0. The topological polar surface area (TPSA) is 37.4 Å². The van der Waals surface area contributed by atoms with Crippen molar-refractivity contribution < 1.29 is 17.2 Å². The molecule has 3 nitrogen and oxygen atoms in total. The summed E-state index contributed by atoms with van der Waals surface area (Å²) in [5, 5.41) is 0. The molecule has 0 radical (unpaired) electrons. The van der Waals surface area contributed by atoms with Gasteiger partial charge in [0, 0.05) is 6.07 Å². The van der Waals surface area contributed by atoms with Crippen LogP contribution in [-0.4, -0.2) is 8.42 Å². The first-order valence-corrected chi connectivity index (χ1v) is 8.99. The molecule has 0 unspecified atom stereocenters. The van der Waals surface area contributed by atoms with Crippen molar-refractivity contribution in [1.82, 2.24) is 0 Å². The number of sulfonamides is 1. The third-order valence-electron chi connectivity index (χ3n) is 3.68. The number of anilines is 1. The molecule has 0 bridgehead atoms. The van der Waals surface area contributed by atoms with Gasteiger partial charge in [0.15, 0.2) is 0 Å². The molecule has 0 saturated carbocycles. The zero-order chi connectivity index (χ0) is 17.9. The Morgan fingerprint density at radius 1 is 0.800 bits per heavy atom. The molecule has 0 aliphatic rings. The lowest BCUT2D eigenvalue weighted by atomic mass is 10.2. The Hall–Kier alpha value is -2.73. The minimum Gasteiger partial charge on any atom is -0.262 e. The predicted molar refractivity (Wildman–Crippen MR) is 92.6 cm³/mol. The van der Waals surface area contributed by atoms with E-state index in [4.69, 9.17) is 0 Å². The number of halogens is 2. The summed E-state index contributed by atoms with van der Waals surface area (Å²) in [6, 6.07) is 19.8. The van der Waals surface area contributed by atoms with Gasteiger partial charge in [-0.3, -0.25) is 4.31 Å². The molecule has 0 spiro atoms. The molecule has 0 aliphatic heterocycles. The average molecular weight is 359 g/mol. The van der Waals surface area contributed by atoms with Gasteiger partial charge in [-0.15, -0.1) is 0 Å². The first kappa shape index (κ1) is 17.1. The maximum atomic E-state index is 14.1. The Labute approximate surface area is 145 Å². The van der Waals surface area contributed by atoms with Crippen molar-refractivity contribution in [2.75, 3.05) is 4.31 Å². The molecule has 25 heavy (non-hydrogen) atoms. The van der Waals surface area contributed by atoms with Crippen molar-refractivity contribution in [3.8, 4) is 0 Å². The molecule has 0 aromatic heterocycles. The number of benzene rings is 3. The highest BCUT2D eigenvalue weighted by molar-refractivity contribution is 7.92. The molecule has 0 amide bonds. The van der Waals surface area contributed by atoms with Crippen LogP contribution in [0.5, 0.6) is 0 Å². The fourth-order valence-electron chi connectivity index (χ4n) is 2.46. The van der Waals surface area contributed by atoms with E-state index in [9.17, 15) is 17.2 Å². The lowest BCUT2D eigenvalue weighted by Gasteiger charge is -2.25. The minimum absolute atomic E-state index is 0.0317. The summed E-state index contributed by atoms with van der Waals surface area (Å²) in [6.45, 7) is 0.0317. The second-order valence-corrected chi connectivity index (χ2v) is 7.24. The van der Waals surface area contributed by atoms with Crippen LogP contribution in [0.4, 0.5) is 14.5 Å². The van der Waals surface area contributed by atoms with E-state index in [2.05, 4.69) is 0 Å². The number of hydrogen-bond acceptors (Lipinski definition) is 2. The Morgan fingerprint density at radius 3 is 2.00 bits per heavy atom. The molecule has 128 valence electrons.